The fourth-order valence-electron chi connectivity index (χ4n) is 2.73. The molecule has 2 radical (unpaired) electrons. The molecule has 4 atom stereocenters. The van der Waals surface area contributed by atoms with E-state index in [9.17, 15) is 14.4 Å². The van der Waals surface area contributed by atoms with Crippen LogP contribution in [0, 0.1) is 0 Å². The summed E-state index contributed by atoms with van der Waals surface area (Å²) >= 11 is 2.64. The molecule has 0 unspecified atom stereocenters. The van der Waals surface area contributed by atoms with Crippen molar-refractivity contribution < 1.29 is 14.4 Å². The van der Waals surface area contributed by atoms with Gasteiger partial charge in [-0.25, -0.2) is 0 Å². The quantitative estimate of drug-likeness (QED) is 0.519. The molecule has 0 aromatic heterocycles. The number of unbranched alkanes of at least 4 members (excludes halogenated alkanes) is 1. The molecule has 1 aliphatic rings. The second kappa shape index (κ2) is 10.0. The normalized spacial score (nSPS) is 21.0. The highest BCUT2D eigenvalue weighted by atomic mass is 27.0. The lowest BCUT2D eigenvalue weighted by Crippen LogP contribution is -2.55. The predicted octanol–water partition coefficient (Wildman–Crippen LogP) is -0.370. The van der Waals surface area contributed by atoms with Gasteiger partial charge in [-0.05, 0) is 38.0 Å². The van der Waals surface area contributed by atoms with Crippen LogP contribution in [0.5, 0.6) is 0 Å². The third kappa shape index (κ3) is 6.08. The number of nitrogens with zero attached hydrogens (tertiary/aromatic N) is 1. The zero-order valence-electron chi connectivity index (χ0n) is 14.9. The Balaban J connectivity index is 2.61. The van der Waals surface area contributed by atoms with Gasteiger partial charge in [0.15, 0.2) is 16.3 Å². The Hall–Kier alpha value is -1.10. The van der Waals surface area contributed by atoms with Crippen molar-refractivity contribution in [3.63, 3.8) is 0 Å². The van der Waals surface area contributed by atoms with Crippen molar-refractivity contribution in [2.75, 3.05) is 6.54 Å². The maximum absolute atomic E-state index is 12.6. The van der Waals surface area contributed by atoms with E-state index in [0.29, 0.717) is 13.0 Å². The first-order chi connectivity index (χ1) is 11.3. The fourth-order valence-corrected chi connectivity index (χ4v) is 3.13. The molecule has 1 rings (SSSR count). The van der Waals surface area contributed by atoms with Gasteiger partial charge >= 0.3 is 0 Å². The van der Waals surface area contributed by atoms with Gasteiger partial charge < -0.3 is 21.3 Å². The Morgan fingerprint density at radius 2 is 1.96 bits per heavy atom. The molecule has 0 bridgehead atoms. The van der Waals surface area contributed by atoms with Crippen molar-refractivity contribution in [2.24, 2.45) is 5.73 Å². The molecule has 4 N–H and O–H groups in total. The van der Waals surface area contributed by atoms with E-state index in [1.54, 1.807) is 18.7 Å². The average molecular weight is 352 g/mol. The van der Waals surface area contributed by atoms with E-state index in [2.05, 4.69) is 33.8 Å². The highest BCUT2D eigenvalue weighted by molar-refractivity contribution is 6.13. The molecule has 7 nitrogen and oxygen atoms in total. The lowest BCUT2D eigenvalue weighted by atomic mass is 10.1. The van der Waals surface area contributed by atoms with E-state index in [1.165, 1.54) is 0 Å². The summed E-state index contributed by atoms with van der Waals surface area (Å²) in [5.74, 6) is -0.737. The Morgan fingerprint density at radius 3 is 2.54 bits per heavy atom. The summed E-state index contributed by atoms with van der Waals surface area (Å²) in [7, 11) is 0. The van der Waals surface area contributed by atoms with Crippen molar-refractivity contribution >= 4 is 34.0 Å². The van der Waals surface area contributed by atoms with E-state index >= 15 is 0 Å². The summed E-state index contributed by atoms with van der Waals surface area (Å²) in [6, 6.07) is -1.82. The van der Waals surface area contributed by atoms with Crippen LogP contribution < -0.4 is 16.4 Å². The molecule has 1 heterocycles. The number of likely N-dealkylation sites (tertiary alicyclic amines) is 1. The number of hydrogen-bond donors (Lipinski definition) is 3. The predicted molar refractivity (Wildman–Crippen MR) is 93.2 cm³/mol. The van der Waals surface area contributed by atoms with Crippen molar-refractivity contribution in [1.29, 1.82) is 0 Å². The van der Waals surface area contributed by atoms with E-state index in [0.717, 1.165) is 25.7 Å². The molecule has 0 saturated carbocycles. The summed E-state index contributed by atoms with van der Waals surface area (Å²) in [6.45, 7) is 5.82. The number of nitrogens with one attached hydrogen (secondary N) is 2. The van der Waals surface area contributed by atoms with Gasteiger partial charge in [-0.3, -0.25) is 14.4 Å². The minimum Gasteiger partial charge on any atom is -0.368 e. The van der Waals surface area contributed by atoms with E-state index in [4.69, 9.17) is 5.73 Å². The molecule has 0 spiro atoms. The van der Waals surface area contributed by atoms with Crippen molar-refractivity contribution in [3.8, 4) is 0 Å². The third-order valence-electron chi connectivity index (χ3n) is 4.18. The van der Waals surface area contributed by atoms with Crippen LogP contribution in [0.3, 0.4) is 0 Å². The Kier molecular flexibility index (Phi) is 8.75. The fraction of sp³-hybridized carbons (Fsp3) is 0.812. The van der Waals surface area contributed by atoms with Gasteiger partial charge in [0.25, 0.3) is 0 Å². The number of nitrogens with two attached hydrogens (primary N) is 1. The lowest BCUT2D eigenvalue weighted by Gasteiger charge is -2.28. The molecule has 0 aromatic rings. The molecule has 1 fully saturated rings. The van der Waals surface area contributed by atoms with Gasteiger partial charge in [0.2, 0.25) is 17.7 Å². The molecule has 24 heavy (non-hydrogen) atoms. The molecule has 0 aliphatic carbocycles. The van der Waals surface area contributed by atoms with E-state index in [1.807, 2.05) is 0 Å². The van der Waals surface area contributed by atoms with Crippen LogP contribution in [0.25, 0.3) is 0 Å². The van der Waals surface area contributed by atoms with E-state index < -0.39 is 18.1 Å². The zero-order chi connectivity index (χ0) is 18.3. The van der Waals surface area contributed by atoms with Crippen molar-refractivity contribution in [3.05, 3.63) is 0 Å². The molecule has 0 aromatic carbocycles. The largest absolute Gasteiger partial charge is 0.368 e. The van der Waals surface area contributed by atoms with Crippen LogP contribution in [0.4, 0.5) is 0 Å². The summed E-state index contributed by atoms with van der Waals surface area (Å²) in [5, 5.41) is 5.56. The summed E-state index contributed by atoms with van der Waals surface area (Å²) in [5.41, 5.74) is 5.50. The Bertz CT molecular complexity index is 459. The van der Waals surface area contributed by atoms with Gasteiger partial charge in [-0.15, -0.1) is 0 Å². The zero-order valence-corrected chi connectivity index (χ0v) is 16.0. The van der Waals surface area contributed by atoms with Gasteiger partial charge in [-0.1, -0.05) is 19.8 Å². The Morgan fingerprint density at radius 1 is 1.29 bits per heavy atom. The number of carbonyl (C=O) groups excluding carboxylic acids is 3. The summed E-state index contributed by atoms with van der Waals surface area (Å²) in [6.07, 6.45) is 4.45. The molecule has 3 amide bonds. The standard InChI is InChI=1S/C16H29N4O3.Al/c1-4-5-6-9-18-15(22)13-8-7-10-20(13)16(23)12(3)19-14(21)11(2)17;/h9,11-13H,4-8,10,17H2,1-3H3,(H,18,22)(H,19,21);/t11-,12-,13-;/m0./s1. The first-order valence-electron chi connectivity index (χ1n) is 8.70. The number of rotatable bonds is 8. The molecule has 134 valence electrons. The molecule has 1 saturated heterocycles. The SMILES string of the molecule is CCCC[C@@H]([Al])NC(=O)[C@@H]1CCCN1C(=O)[C@H](C)NC(=O)[C@H](C)N. The molecular weight excluding hydrogens is 323 g/mol. The van der Waals surface area contributed by atoms with Crippen LogP contribution in [-0.4, -0.2) is 68.5 Å². The van der Waals surface area contributed by atoms with Crippen LogP contribution in [0.2, 0.25) is 0 Å². The third-order valence-corrected chi connectivity index (χ3v) is 4.68. The van der Waals surface area contributed by atoms with Crippen molar-refractivity contribution in [2.45, 2.75) is 75.9 Å². The topological polar surface area (TPSA) is 105 Å². The highest BCUT2D eigenvalue weighted by Gasteiger charge is 2.36. The minimum atomic E-state index is -0.691. The van der Waals surface area contributed by atoms with Crippen LogP contribution in [-0.2, 0) is 14.4 Å². The first kappa shape index (κ1) is 20.9. The second-order valence-corrected chi connectivity index (χ2v) is 7.27. The highest BCUT2D eigenvalue weighted by Crippen LogP contribution is 2.19. The number of amides is 3. The van der Waals surface area contributed by atoms with Gasteiger partial charge in [-0.2, -0.15) is 0 Å². The molecule has 1 aliphatic heterocycles. The van der Waals surface area contributed by atoms with Crippen LogP contribution in [0.15, 0.2) is 0 Å². The van der Waals surface area contributed by atoms with Gasteiger partial charge in [0.1, 0.15) is 12.1 Å². The second-order valence-electron chi connectivity index (χ2n) is 6.47. The smallest absolute Gasteiger partial charge is 0.245 e. The summed E-state index contributed by atoms with van der Waals surface area (Å²) in [4.78, 5) is 38.3. The average Bonchev–Trinajstić information content (AvgIpc) is 3.01. The van der Waals surface area contributed by atoms with Crippen LogP contribution in [0.1, 0.15) is 52.9 Å². The molecule has 8 heteroatoms. The van der Waals surface area contributed by atoms with Gasteiger partial charge in [0, 0.05) is 6.54 Å². The number of carbonyl (C=O) groups is 3. The maximum Gasteiger partial charge on any atom is 0.245 e. The summed E-state index contributed by atoms with van der Waals surface area (Å²) < 4.78 is 0. The maximum atomic E-state index is 12.6. The lowest BCUT2D eigenvalue weighted by molar-refractivity contribution is -0.141. The van der Waals surface area contributed by atoms with Gasteiger partial charge in [0.05, 0.1) is 6.04 Å². The molecular formula is C16H29AlN4O3. The van der Waals surface area contributed by atoms with E-state index in [-0.39, 0.29) is 22.6 Å². The number of hydrogen-bond acceptors (Lipinski definition) is 4. The minimum absolute atomic E-state index is 0.0187. The van der Waals surface area contributed by atoms with Crippen molar-refractivity contribution in [1.82, 2.24) is 15.5 Å². The van der Waals surface area contributed by atoms with Crippen LogP contribution >= 0.6 is 0 Å². The first-order valence-corrected chi connectivity index (χ1v) is 9.37. The Labute approximate surface area is 152 Å². The monoisotopic (exact) mass is 352 g/mol.